The van der Waals surface area contributed by atoms with E-state index < -0.39 is 46.1 Å². The van der Waals surface area contributed by atoms with Crippen LogP contribution in [0.4, 0.5) is 13.2 Å². The number of sulfone groups is 1. The quantitative estimate of drug-likeness (QED) is 0.552. The molecule has 1 aromatic rings. The lowest BCUT2D eigenvalue weighted by atomic mass is 10.1. The van der Waals surface area contributed by atoms with Gasteiger partial charge in [0.2, 0.25) is 0 Å². The molecular formula is C17H18F3NO5S. The van der Waals surface area contributed by atoms with E-state index in [4.69, 9.17) is 4.74 Å². The average Bonchev–Trinajstić information content (AvgIpc) is 2.96. The summed E-state index contributed by atoms with van der Waals surface area (Å²) in [6.45, 7) is -0.552. The van der Waals surface area contributed by atoms with Crippen LogP contribution in [0.2, 0.25) is 0 Å². The van der Waals surface area contributed by atoms with Crippen LogP contribution < -0.4 is 0 Å². The van der Waals surface area contributed by atoms with E-state index in [2.05, 4.69) is 0 Å². The van der Waals surface area contributed by atoms with Gasteiger partial charge in [-0.15, -0.1) is 0 Å². The number of nitrogens with zero attached hydrogens (tertiary/aromatic N) is 1. The Bertz CT molecular complexity index is 831. The van der Waals surface area contributed by atoms with Gasteiger partial charge in [0.05, 0.1) is 17.1 Å². The topological polar surface area (TPSA) is 80.8 Å². The molecule has 27 heavy (non-hydrogen) atoms. The molecule has 1 atom stereocenters. The largest absolute Gasteiger partial charge is 0.452 e. The fraction of sp³-hybridized carbons (Fsp3) is 0.412. The first kappa shape index (κ1) is 20.9. The second-order valence-electron chi connectivity index (χ2n) is 6.12. The second kappa shape index (κ2) is 8.12. The van der Waals surface area contributed by atoms with Crippen molar-refractivity contribution in [3.05, 3.63) is 41.5 Å². The highest BCUT2D eigenvalue weighted by atomic mass is 32.2. The Labute approximate surface area is 154 Å². The lowest BCUT2D eigenvalue weighted by molar-refractivity contribution is -0.148. The third-order valence-corrected chi connectivity index (χ3v) is 5.89. The highest BCUT2D eigenvalue weighted by molar-refractivity contribution is 7.91. The Balaban J connectivity index is 1.83. The number of alkyl halides is 3. The Morgan fingerprint density at radius 1 is 1.26 bits per heavy atom. The maximum Gasteiger partial charge on any atom is 0.416 e. The minimum atomic E-state index is -4.44. The van der Waals surface area contributed by atoms with E-state index in [1.165, 1.54) is 30.2 Å². The molecule has 2 rings (SSSR count). The molecule has 1 amide bonds. The van der Waals surface area contributed by atoms with Crippen LogP contribution in [-0.2, 0) is 30.3 Å². The van der Waals surface area contributed by atoms with E-state index >= 15 is 0 Å². The van der Waals surface area contributed by atoms with Crippen molar-refractivity contribution in [3.63, 3.8) is 0 Å². The van der Waals surface area contributed by atoms with E-state index in [-0.39, 0.29) is 11.5 Å². The predicted octanol–water partition coefficient (Wildman–Crippen LogP) is 1.91. The minimum absolute atomic E-state index is 0.0188. The number of benzene rings is 1. The fourth-order valence-corrected chi connectivity index (χ4v) is 4.29. The molecule has 0 unspecified atom stereocenters. The molecule has 1 aliphatic heterocycles. The Kier molecular flexibility index (Phi) is 6.30. The molecule has 0 spiro atoms. The molecule has 1 aliphatic rings. The fourth-order valence-electron chi connectivity index (χ4n) is 2.51. The zero-order valence-corrected chi connectivity index (χ0v) is 15.2. The van der Waals surface area contributed by atoms with E-state index in [0.717, 1.165) is 18.2 Å². The van der Waals surface area contributed by atoms with Gasteiger partial charge in [0.25, 0.3) is 5.91 Å². The summed E-state index contributed by atoms with van der Waals surface area (Å²) in [6.07, 6.45) is -1.84. The van der Waals surface area contributed by atoms with Crippen molar-refractivity contribution in [2.75, 3.05) is 25.2 Å². The van der Waals surface area contributed by atoms with Gasteiger partial charge in [-0.05, 0) is 30.2 Å². The Morgan fingerprint density at radius 2 is 1.89 bits per heavy atom. The second-order valence-corrected chi connectivity index (χ2v) is 8.35. The number of ether oxygens (including phenoxy) is 1. The van der Waals surface area contributed by atoms with Crippen LogP contribution in [-0.4, -0.2) is 56.4 Å². The molecule has 148 valence electrons. The zero-order valence-electron chi connectivity index (χ0n) is 14.4. The van der Waals surface area contributed by atoms with Gasteiger partial charge in [0.1, 0.15) is 0 Å². The maximum atomic E-state index is 12.5. The predicted molar refractivity (Wildman–Crippen MR) is 91.3 cm³/mol. The van der Waals surface area contributed by atoms with Gasteiger partial charge in [-0.1, -0.05) is 12.1 Å². The van der Waals surface area contributed by atoms with Crippen LogP contribution >= 0.6 is 0 Å². The standard InChI is InChI=1S/C17H18F3NO5S/c1-21(14-8-9-27(24,25)11-14)15(22)10-26-16(23)7-4-12-2-5-13(6-3-12)17(18,19)20/h2-7,14H,8-11H2,1H3/b7-4+/t14-/m0/s1. The molecule has 10 heteroatoms. The van der Waals surface area contributed by atoms with Crippen LogP contribution in [0.3, 0.4) is 0 Å². The molecule has 0 aliphatic carbocycles. The average molecular weight is 405 g/mol. The maximum absolute atomic E-state index is 12.5. The van der Waals surface area contributed by atoms with Crippen molar-refractivity contribution in [2.24, 2.45) is 0 Å². The number of carbonyl (C=O) groups is 2. The number of likely N-dealkylation sites (N-methyl/N-ethyl adjacent to an activating group) is 1. The van der Waals surface area contributed by atoms with Crippen LogP contribution in [0.1, 0.15) is 17.5 Å². The summed E-state index contributed by atoms with van der Waals surface area (Å²) >= 11 is 0. The number of halogens is 3. The lowest BCUT2D eigenvalue weighted by Gasteiger charge is -2.22. The van der Waals surface area contributed by atoms with Crippen molar-refractivity contribution in [1.29, 1.82) is 0 Å². The van der Waals surface area contributed by atoms with E-state index in [9.17, 15) is 31.2 Å². The molecule has 0 saturated carbocycles. The molecule has 0 aromatic heterocycles. The first-order valence-electron chi connectivity index (χ1n) is 7.96. The molecular weight excluding hydrogens is 387 g/mol. The summed E-state index contributed by atoms with van der Waals surface area (Å²) in [4.78, 5) is 24.9. The van der Waals surface area contributed by atoms with Crippen molar-refractivity contribution in [2.45, 2.75) is 18.6 Å². The van der Waals surface area contributed by atoms with Crippen molar-refractivity contribution in [1.82, 2.24) is 4.90 Å². The Hall–Kier alpha value is -2.36. The summed E-state index contributed by atoms with van der Waals surface area (Å²) in [6, 6.07) is 3.74. The van der Waals surface area contributed by atoms with Gasteiger partial charge in [0.15, 0.2) is 16.4 Å². The van der Waals surface area contributed by atoms with Gasteiger partial charge in [0, 0.05) is 19.2 Å². The zero-order chi connectivity index (χ0) is 20.2. The molecule has 1 saturated heterocycles. The number of hydrogen-bond donors (Lipinski definition) is 0. The van der Waals surface area contributed by atoms with Crippen LogP contribution in [0.25, 0.3) is 6.08 Å². The molecule has 1 aromatic carbocycles. The first-order chi connectivity index (χ1) is 12.5. The molecule has 1 heterocycles. The van der Waals surface area contributed by atoms with Gasteiger partial charge < -0.3 is 9.64 Å². The number of hydrogen-bond acceptors (Lipinski definition) is 5. The van der Waals surface area contributed by atoms with Gasteiger partial charge in [-0.2, -0.15) is 13.2 Å². The number of amides is 1. The van der Waals surface area contributed by atoms with Crippen molar-refractivity contribution >= 4 is 27.8 Å². The molecule has 1 fully saturated rings. The first-order valence-corrected chi connectivity index (χ1v) is 9.78. The third kappa shape index (κ3) is 6.09. The van der Waals surface area contributed by atoms with E-state index in [1.54, 1.807) is 0 Å². The highest BCUT2D eigenvalue weighted by Crippen LogP contribution is 2.29. The smallest absolute Gasteiger partial charge is 0.416 e. The van der Waals surface area contributed by atoms with Gasteiger partial charge >= 0.3 is 12.1 Å². The number of rotatable bonds is 5. The number of esters is 1. The molecule has 0 N–H and O–H groups in total. The third-order valence-electron chi connectivity index (χ3n) is 4.14. The van der Waals surface area contributed by atoms with Crippen molar-refractivity contribution in [3.8, 4) is 0 Å². The molecule has 6 nitrogen and oxygen atoms in total. The summed E-state index contributed by atoms with van der Waals surface area (Å²) in [5, 5.41) is 0. The highest BCUT2D eigenvalue weighted by Gasteiger charge is 2.33. The van der Waals surface area contributed by atoms with Crippen LogP contribution in [0.15, 0.2) is 30.3 Å². The lowest BCUT2D eigenvalue weighted by Crippen LogP contribution is -2.40. The summed E-state index contributed by atoms with van der Waals surface area (Å²) in [7, 11) is -1.70. The van der Waals surface area contributed by atoms with Gasteiger partial charge in [-0.25, -0.2) is 13.2 Å². The van der Waals surface area contributed by atoms with Crippen LogP contribution in [0, 0.1) is 0 Å². The number of carbonyl (C=O) groups excluding carboxylic acids is 2. The normalized spacial score (nSPS) is 19.2. The minimum Gasteiger partial charge on any atom is -0.452 e. The molecule has 0 radical (unpaired) electrons. The summed E-state index contributed by atoms with van der Waals surface area (Å²) in [5.41, 5.74) is -0.440. The van der Waals surface area contributed by atoms with Gasteiger partial charge in [-0.3, -0.25) is 4.79 Å². The van der Waals surface area contributed by atoms with Crippen molar-refractivity contribution < 1.29 is 35.9 Å². The van der Waals surface area contributed by atoms with Crippen LogP contribution in [0.5, 0.6) is 0 Å². The molecule has 0 bridgehead atoms. The summed E-state index contributed by atoms with van der Waals surface area (Å²) in [5.74, 6) is -1.47. The SMILES string of the molecule is CN(C(=O)COC(=O)/C=C/c1ccc(C(F)(F)F)cc1)[C@H]1CCS(=O)(=O)C1. The Morgan fingerprint density at radius 3 is 2.41 bits per heavy atom. The monoisotopic (exact) mass is 405 g/mol. The van der Waals surface area contributed by atoms with E-state index in [1.807, 2.05) is 0 Å². The summed E-state index contributed by atoms with van der Waals surface area (Å²) < 4.78 is 65.1. The van der Waals surface area contributed by atoms with E-state index in [0.29, 0.717) is 12.0 Å².